The number of ether oxygens (including phenoxy) is 1. The Morgan fingerprint density at radius 2 is 1.85 bits per heavy atom. The number of nitrogens with zero attached hydrogens (tertiary/aromatic N) is 3. The molecule has 7 nitrogen and oxygen atoms in total. The molecule has 0 spiro atoms. The van der Waals surface area contributed by atoms with Gasteiger partial charge in [0.1, 0.15) is 0 Å². The third kappa shape index (κ3) is 4.32. The molecule has 0 saturated heterocycles. The lowest BCUT2D eigenvalue weighted by Gasteiger charge is -2.13. The molecule has 1 aromatic heterocycles. The van der Waals surface area contributed by atoms with Gasteiger partial charge in [-0.05, 0) is 43.2 Å². The fraction of sp³-hybridized carbons (Fsp3) is 0.158. The van der Waals surface area contributed by atoms with E-state index in [0.29, 0.717) is 22.1 Å². The van der Waals surface area contributed by atoms with Crippen LogP contribution in [0.1, 0.15) is 21.5 Å². The maximum absolute atomic E-state index is 11.7. The topological polar surface area (TPSA) is 89.0 Å². The fourth-order valence-corrected chi connectivity index (χ4v) is 2.71. The van der Waals surface area contributed by atoms with Crippen molar-refractivity contribution in [1.82, 2.24) is 15.2 Å². The molecule has 0 unspecified atom stereocenters. The summed E-state index contributed by atoms with van der Waals surface area (Å²) in [6.07, 6.45) is 1.53. The number of hydrogen-bond donors (Lipinski definition) is 2. The zero-order valence-corrected chi connectivity index (χ0v) is 15.8. The number of methoxy groups -OCH3 is 1. The molecule has 3 rings (SSSR count). The number of aromatic nitrogens is 3. The highest BCUT2D eigenvalue weighted by atomic mass is 35.5. The smallest absolute Gasteiger partial charge is 0.337 e. The number of nitrogens with one attached hydrogen (secondary N) is 2. The van der Waals surface area contributed by atoms with Crippen LogP contribution in [0, 0.1) is 13.8 Å². The van der Waals surface area contributed by atoms with Gasteiger partial charge in [-0.2, -0.15) is 10.1 Å². The van der Waals surface area contributed by atoms with Gasteiger partial charge >= 0.3 is 5.97 Å². The Labute approximate surface area is 161 Å². The molecular weight excluding hydrogens is 366 g/mol. The first-order chi connectivity index (χ1) is 13.0. The summed E-state index contributed by atoms with van der Waals surface area (Å²) in [6, 6.07) is 10.8. The highest BCUT2D eigenvalue weighted by Gasteiger charge is 2.11. The van der Waals surface area contributed by atoms with Crippen LogP contribution in [-0.4, -0.2) is 28.3 Å². The molecule has 0 saturated carbocycles. The van der Waals surface area contributed by atoms with Crippen LogP contribution in [0.5, 0.6) is 0 Å². The van der Waals surface area contributed by atoms with Gasteiger partial charge in [0.15, 0.2) is 5.82 Å². The van der Waals surface area contributed by atoms with Crippen molar-refractivity contribution in [2.45, 2.75) is 13.8 Å². The molecule has 0 aliphatic heterocycles. The van der Waals surface area contributed by atoms with E-state index in [2.05, 4.69) is 25.8 Å². The SMILES string of the molecule is COC(=O)c1ccc(Cl)c(Nc2nncc(Nc3c(C)cccc3C)n2)c1. The van der Waals surface area contributed by atoms with Crippen LogP contribution >= 0.6 is 11.6 Å². The molecule has 0 bridgehead atoms. The fourth-order valence-electron chi connectivity index (χ4n) is 2.54. The Balaban J connectivity index is 1.85. The number of rotatable bonds is 5. The Morgan fingerprint density at radius 1 is 1.11 bits per heavy atom. The molecule has 0 fully saturated rings. The summed E-state index contributed by atoms with van der Waals surface area (Å²) in [5.41, 5.74) is 4.00. The molecule has 138 valence electrons. The summed E-state index contributed by atoms with van der Waals surface area (Å²) in [4.78, 5) is 16.1. The zero-order chi connectivity index (χ0) is 19.4. The number of aryl methyl sites for hydroxylation is 2. The molecule has 0 amide bonds. The summed E-state index contributed by atoms with van der Waals surface area (Å²) in [5, 5.41) is 14.6. The lowest BCUT2D eigenvalue weighted by molar-refractivity contribution is 0.0601. The summed E-state index contributed by atoms with van der Waals surface area (Å²) >= 11 is 6.20. The Bertz CT molecular complexity index is 973. The first-order valence-electron chi connectivity index (χ1n) is 8.16. The largest absolute Gasteiger partial charge is 0.465 e. The lowest BCUT2D eigenvalue weighted by Crippen LogP contribution is -2.05. The van der Waals surface area contributed by atoms with Crippen LogP contribution in [-0.2, 0) is 4.74 Å². The predicted molar refractivity (Wildman–Crippen MR) is 105 cm³/mol. The van der Waals surface area contributed by atoms with Gasteiger partial charge in [-0.1, -0.05) is 29.8 Å². The van der Waals surface area contributed by atoms with Crippen LogP contribution in [0.15, 0.2) is 42.6 Å². The summed E-state index contributed by atoms with van der Waals surface area (Å²) in [6.45, 7) is 4.03. The minimum Gasteiger partial charge on any atom is -0.465 e. The van der Waals surface area contributed by atoms with Crippen LogP contribution in [0.4, 0.5) is 23.1 Å². The van der Waals surface area contributed by atoms with Crippen molar-refractivity contribution in [2.75, 3.05) is 17.7 Å². The van der Waals surface area contributed by atoms with Crippen molar-refractivity contribution >= 4 is 40.7 Å². The molecule has 8 heteroatoms. The van der Waals surface area contributed by atoms with E-state index in [-0.39, 0.29) is 5.95 Å². The van der Waals surface area contributed by atoms with Crippen molar-refractivity contribution in [1.29, 1.82) is 0 Å². The van der Waals surface area contributed by atoms with Crippen LogP contribution in [0.2, 0.25) is 5.02 Å². The molecule has 3 aromatic rings. The van der Waals surface area contributed by atoms with E-state index in [0.717, 1.165) is 16.8 Å². The van der Waals surface area contributed by atoms with Crippen molar-refractivity contribution < 1.29 is 9.53 Å². The minimum absolute atomic E-state index is 0.246. The Kier molecular flexibility index (Phi) is 5.52. The second kappa shape index (κ2) is 8.01. The number of anilines is 4. The number of carbonyl (C=O) groups is 1. The van der Waals surface area contributed by atoms with Gasteiger partial charge in [-0.25, -0.2) is 4.79 Å². The van der Waals surface area contributed by atoms with Crippen molar-refractivity contribution in [3.05, 3.63) is 64.3 Å². The van der Waals surface area contributed by atoms with Gasteiger partial charge < -0.3 is 15.4 Å². The first kappa shape index (κ1) is 18.6. The van der Waals surface area contributed by atoms with E-state index in [1.165, 1.54) is 13.3 Å². The maximum atomic E-state index is 11.7. The van der Waals surface area contributed by atoms with Gasteiger partial charge in [0.2, 0.25) is 5.95 Å². The van der Waals surface area contributed by atoms with E-state index in [1.54, 1.807) is 18.2 Å². The Hall–Kier alpha value is -3.19. The predicted octanol–water partition coefficient (Wildman–Crippen LogP) is 4.42. The quantitative estimate of drug-likeness (QED) is 0.630. The maximum Gasteiger partial charge on any atom is 0.337 e. The molecule has 0 aliphatic carbocycles. The van der Waals surface area contributed by atoms with Crippen LogP contribution in [0.25, 0.3) is 0 Å². The second-order valence-corrected chi connectivity index (χ2v) is 6.28. The average molecular weight is 384 g/mol. The summed E-state index contributed by atoms with van der Waals surface area (Å²) < 4.78 is 4.73. The number of benzene rings is 2. The van der Waals surface area contributed by atoms with Gasteiger partial charge in [-0.15, -0.1) is 5.10 Å². The molecule has 0 aliphatic rings. The standard InChI is InChI=1S/C19H18ClN5O2/c1-11-5-4-6-12(2)17(11)23-16-10-21-25-19(24-16)22-15-9-13(18(26)27-3)7-8-14(15)20/h4-10H,1-3H3,(H2,22,23,24,25). The minimum atomic E-state index is -0.459. The van der Waals surface area contributed by atoms with Crippen molar-refractivity contribution in [2.24, 2.45) is 0 Å². The number of para-hydroxylation sites is 1. The number of esters is 1. The molecule has 1 heterocycles. The highest BCUT2D eigenvalue weighted by molar-refractivity contribution is 6.33. The molecular formula is C19H18ClN5O2. The third-order valence-corrected chi connectivity index (χ3v) is 4.26. The van der Waals surface area contributed by atoms with E-state index in [1.807, 2.05) is 32.0 Å². The molecule has 2 aromatic carbocycles. The zero-order valence-electron chi connectivity index (χ0n) is 15.1. The van der Waals surface area contributed by atoms with E-state index < -0.39 is 5.97 Å². The van der Waals surface area contributed by atoms with Crippen molar-refractivity contribution in [3.63, 3.8) is 0 Å². The van der Waals surface area contributed by atoms with Gasteiger partial charge in [0.05, 0.1) is 29.6 Å². The number of carbonyl (C=O) groups excluding carboxylic acids is 1. The van der Waals surface area contributed by atoms with E-state index >= 15 is 0 Å². The van der Waals surface area contributed by atoms with Gasteiger partial charge in [0.25, 0.3) is 0 Å². The normalized spacial score (nSPS) is 10.4. The molecule has 27 heavy (non-hydrogen) atoms. The van der Waals surface area contributed by atoms with E-state index in [4.69, 9.17) is 16.3 Å². The Morgan fingerprint density at radius 3 is 2.56 bits per heavy atom. The van der Waals surface area contributed by atoms with Crippen molar-refractivity contribution in [3.8, 4) is 0 Å². The lowest BCUT2D eigenvalue weighted by atomic mass is 10.1. The van der Waals surface area contributed by atoms with Gasteiger partial charge in [-0.3, -0.25) is 0 Å². The first-order valence-corrected chi connectivity index (χ1v) is 8.53. The second-order valence-electron chi connectivity index (χ2n) is 5.87. The number of halogens is 1. The van der Waals surface area contributed by atoms with E-state index in [9.17, 15) is 4.79 Å². The van der Waals surface area contributed by atoms with Gasteiger partial charge in [0, 0.05) is 5.69 Å². The summed E-state index contributed by atoms with van der Waals surface area (Å²) in [5.74, 6) is 0.319. The summed E-state index contributed by atoms with van der Waals surface area (Å²) in [7, 11) is 1.32. The molecule has 2 N–H and O–H groups in total. The monoisotopic (exact) mass is 383 g/mol. The molecule has 0 radical (unpaired) electrons. The van der Waals surface area contributed by atoms with Crippen LogP contribution in [0.3, 0.4) is 0 Å². The highest BCUT2D eigenvalue weighted by Crippen LogP contribution is 2.27. The number of hydrogen-bond acceptors (Lipinski definition) is 7. The third-order valence-electron chi connectivity index (χ3n) is 3.93. The van der Waals surface area contributed by atoms with Crippen LogP contribution < -0.4 is 10.6 Å². The molecule has 0 atom stereocenters. The average Bonchev–Trinajstić information content (AvgIpc) is 2.66.